The normalized spacial score (nSPS) is 13.9. The Balaban J connectivity index is 2.10. The van der Waals surface area contributed by atoms with Gasteiger partial charge in [0.25, 0.3) is 0 Å². The third-order valence-corrected chi connectivity index (χ3v) is 2.55. The number of benzene rings is 1. The Kier molecular flexibility index (Phi) is 2.76. The van der Waals surface area contributed by atoms with Crippen LogP contribution in [0.25, 0.3) is 0 Å². The molecule has 0 fully saturated rings. The van der Waals surface area contributed by atoms with Gasteiger partial charge in [-0.25, -0.2) is 4.79 Å². The molecule has 0 unspecified atom stereocenters. The summed E-state index contributed by atoms with van der Waals surface area (Å²) in [6, 6.07) is 6.04. The summed E-state index contributed by atoms with van der Waals surface area (Å²) in [7, 11) is 0. The first kappa shape index (κ1) is 9.83. The van der Waals surface area contributed by atoms with Crippen molar-refractivity contribution >= 4 is 11.8 Å². The van der Waals surface area contributed by atoms with Crippen molar-refractivity contribution in [2.75, 3.05) is 11.9 Å². The Hall–Kier alpha value is -1.71. The number of amides is 1. The molecular weight excluding hydrogens is 192 g/mol. The van der Waals surface area contributed by atoms with E-state index in [4.69, 9.17) is 5.11 Å². The van der Waals surface area contributed by atoms with E-state index in [1.807, 2.05) is 12.1 Å². The fraction of sp³-hybridized carbons (Fsp3) is 0.364. The Morgan fingerprint density at radius 1 is 1.53 bits per heavy atom. The summed E-state index contributed by atoms with van der Waals surface area (Å²) < 4.78 is 0. The molecule has 1 aliphatic rings. The lowest BCUT2D eigenvalue weighted by atomic mass is 10.0. The quantitative estimate of drug-likeness (QED) is 0.691. The molecule has 80 valence electrons. The van der Waals surface area contributed by atoms with Gasteiger partial charge in [0, 0.05) is 18.8 Å². The zero-order valence-electron chi connectivity index (χ0n) is 8.42. The van der Waals surface area contributed by atoms with Crippen LogP contribution >= 0.6 is 0 Å². The summed E-state index contributed by atoms with van der Waals surface area (Å²) >= 11 is 0. The standard InChI is InChI=1S/C11H14N2O2/c14-11(15)13-7-8-3-4-10-9(6-8)2-1-5-12-10/h3-4,6,12-13H,1-2,5,7H2,(H,14,15). The molecule has 0 spiro atoms. The highest BCUT2D eigenvalue weighted by Gasteiger charge is 2.08. The second-order valence-electron chi connectivity index (χ2n) is 3.68. The van der Waals surface area contributed by atoms with Gasteiger partial charge in [-0.05, 0) is 30.0 Å². The minimum absolute atomic E-state index is 0.378. The van der Waals surface area contributed by atoms with Crippen LogP contribution in [0.5, 0.6) is 0 Å². The van der Waals surface area contributed by atoms with Crippen LogP contribution in [-0.2, 0) is 13.0 Å². The van der Waals surface area contributed by atoms with Crippen LogP contribution in [0.3, 0.4) is 0 Å². The maximum absolute atomic E-state index is 10.3. The Bertz CT molecular complexity index is 377. The van der Waals surface area contributed by atoms with Crippen LogP contribution in [0.4, 0.5) is 10.5 Å². The molecule has 1 aliphatic heterocycles. The number of nitrogens with one attached hydrogen (secondary N) is 2. The van der Waals surface area contributed by atoms with Gasteiger partial charge in [0.05, 0.1) is 0 Å². The van der Waals surface area contributed by atoms with Crippen molar-refractivity contribution in [1.29, 1.82) is 0 Å². The van der Waals surface area contributed by atoms with E-state index >= 15 is 0 Å². The molecule has 2 rings (SSSR count). The van der Waals surface area contributed by atoms with E-state index in [2.05, 4.69) is 16.7 Å². The second-order valence-corrected chi connectivity index (χ2v) is 3.68. The number of hydrogen-bond acceptors (Lipinski definition) is 2. The summed E-state index contributed by atoms with van der Waals surface area (Å²) in [4.78, 5) is 10.3. The highest BCUT2D eigenvalue weighted by molar-refractivity contribution is 5.64. The van der Waals surface area contributed by atoms with Gasteiger partial charge in [-0.1, -0.05) is 12.1 Å². The van der Waals surface area contributed by atoms with Crippen LogP contribution in [0.2, 0.25) is 0 Å². The smallest absolute Gasteiger partial charge is 0.404 e. The van der Waals surface area contributed by atoms with E-state index in [1.165, 1.54) is 11.3 Å². The average Bonchev–Trinajstić information content (AvgIpc) is 2.26. The van der Waals surface area contributed by atoms with Crippen molar-refractivity contribution in [3.05, 3.63) is 29.3 Å². The maximum Gasteiger partial charge on any atom is 0.404 e. The maximum atomic E-state index is 10.3. The average molecular weight is 206 g/mol. The molecule has 15 heavy (non-hydrogen) atoms. The molecule has 0 aliphatic carbocycles. The van der Waals surface area contributed by atoms with Gasteiger partial charge in [0.2, 0.25) is 0 Å². The zero-order chi connectivity index (χ0) is 10.7. The van der Waals surface area contributed by atoms with Gasteiger partial charge in [-0.2, -0.15) is 0 Å². The van der Waals surface area contributed by atoms with Gasteiger partial charge in [-0.15, -0.1) is 0 Å². The molecule has 1 aromatic rings. The molecule has 1 heterocycles. The highest BCUT2D eigenvalue weighted by Crippen LogP contribution is 2.22. The van der Waals surface area contributed by atoms with Crippen LogP contribution in [0.1, 0.15) is 17.5 Å². The van der Waals surface area contributed by atoms with E-state index in [0.29, 0.717) is 6.54 Å². The van der Waals surface area contributed by atoms with Crippen LogP contribution in [-0.4, -0.2) is 17.7 Å². The minimum Gasteiger partial charge on any atom is -0.465 e. The first-order valence-corrected chi connectivity index (χ1v) is 5.08. The molecular formula is C11H14N2O2. The largest absolute Gasteiger partial charge is 0.465 e. The first-order valence-electron chi connectivity index (χ1n) is 5.08. The zero-order valence-corrected chi connectivity index (χ0v) is 8.42. The van der Waals surface area contributed by atoms with Gasteiger partial charge in [0.1, 0.15) is 0 Å². The molecule has 4 heteroatoms. The molecule has 0 radical (unpaired) electrons. The minimum atomic E-state index is -0.981. The summed E-state index contributed by atoms with van der Waals surface area (Å²) in [5, 5.41) is 14.2. The summed E-state index contributed by atoms with van der Waals surface area (Å²) in [5.74, 6) is 0. The predicted molar refractivity (Wildman–Crippen MR) is 58.1 cm³/mol. The van der Waals surface area contributed by atoms with E-state index in [-0.39, 0.29) is 0 Å². The summed E-state index contributed by atoms with van der Waals surface area (Å²) in [6.07, 6.45) is 1.23. The van der Waals surface area contributed by atoms with Crippen molar-refractivity contribution in [1.82, 2.24) is 5.32 Å². The van der Waals surface area contributed by atoms with Crippen LogP contribution in [0, 0.1) is 0 Å². The molecule has 0 saturated carbocycles. The van der Waals surface area contributed by atoms with Gasteiger partial charge in [-0.3, -0.25) is 0 Å². The van der Waals surface area contributed by atoms with E-state index in [1.54, 1.807) is 0 Å². The lowest BCUT2D eigenvalue weighted by Crippen LogP contribution is -2.20. The molecule has 0 aromatic heterocycles. The topological polar surface area (TPSA) is 61.4 Å². The monoisotopic (exact) mass is 206 g/mol. The second kappa shape index (κ2) is 4.21. The van der Waals surface area contributed by atoms with E-state index in [9.17, 15) is 4.79 Å². The molecule has 1 amide bonds. The molecule has 3 N–H and O–H groups in total. The Morgan fingerprint density at radius 3 is 3.20 bits per heavy atom. The number of aryl methyl sites for hydroxylation is 1. The van der Waals surface area contributed by atoms with Crippen molar-refractivity contribution in [2.24, 2.45) is 0 Å². The van der Waals surface area contributed by atoms with E-state index in [0.717, 1.165) is 24.9 Å². The third kappa shape index (κ3) is 2.40. The highest BCUT2D eigenvalue weighted by atomic mass is 16.4. The fourth-order valence-corrected chi connectivity index (χ4v) is 1.82. The van der Waals surface area contributed by atoms with Crippen LogP contribution in [0.15, 0.2) is 18.2 Å². The lowest BCUT2D eigenvalue weighted by molar-refractivity contribution is 0.194. The number of carbonyl (C=O) groups is 1. The number of carboxylic acid groups (broad SMARTS) is 1. The van der Waals surface area contributed by atoms with Crippen molar-refractivity contribution < 1.29 is 9.90 Å². The number of rotatable bonds is 2. The van der Waals surface area contributed by atoms with Crippen molar-refractivity contribution in [3.63, 3.8) is 0 Å². The number of anilines is 1. The summed E-state index contributed by atoms with van der Waals surface area (Å²) in [6.45, 7) is 1.41. The Morgan fingerprint density at radius 2 is 2.40 bits per heavy atom. The van der Waals surface area contributed by atoms with Crippen molar-refractivity contribution in [3.8, 4) is 0 Å². The van der Waals surface area contributed by atoms with Crippen molar-refractivity contribution in [2.45, 2.75) is 19.4 Å². The Labute approximate surface area is 88.3 Å². The molecule has 0 saturated heterocycles. The SMILES string of the molecule is O=C(O)NCc1ccc2c(c1)CCCN2. The lowest BCUT2D eigenvalue weighted by Gasteiger charge is -2.18. The number of hydrogen-bond donors (Lipinski definition) is 3. The summed E-state index contributed by atoms with van der Waals surface area (Å²) in [5.41, 5.74) is 3.48. The molecule has 1 aromatic carbocycles. The predicted octanol–water partition coefficient (Wildman–Crippen LogP) is 1.81. The molecule has 0 bridgehead atoms. The number of fused-ring (bicyclic) bond motifs is 1. The fourth-order valence-electron chi connectivity index (χ4n) is 1.82. The van der Waals surface area contributed by atoms with E-state index < -0.39 is 6.09 Å². The third-order valence-electron chi connectivity index (χ3n) is 2.55. The first-order chi connectivity index (χ1) is 7.25. The van der Waals surface area contributed by atoms with Gasteiger partial charge < -0.3 is 15.7 Å². The van der Waals surface area contributed by atoms with Gasteiger partial charge >= 0.3 is 6.09 Å². The molecule has 0 atom stereocenters. The van der Waals surface area contributed by atoms with Gasteiger partial charge in [0.15, 0.2) is 0 Å². The van der Waals surface area contributed by atoms with Crippen LogP contribution < -0.4 is 10.6 Å². The molecule has 4 nitrogen and oxygen atoms in total.